The predicted molar refractivity (Wildman–Crippen MR) is 63.0 cm³/mol. The maximum absolute atomic E-state index is 12.8. The van der Waals surface area contributed by atoms with Crippen molar-refractivity contribution in [3.63, 3.8) is 0 Å². The van der Waals surface area contributed by atoms with Crippen LogP contribution in [0.3, 0.4) is 0 Å². The van der Waals surface area contributed by atoms with E-state index >= 15 is 0 Å². The van der Waals surface area contributed by atoms with Crippen LogP contribution in [0.5, 0.6) is 0 Å². The molecule has 0 radical (unpaired) electrons. The average Bonchev–Trinajstić information content (AvgIpc) is 2.40. The first-order valence-corrected chi connectivity index (χ1v) is 5.13. The van der Waals surface area contributed by atoms with Gasteiger partial charge in [-0.1, -0.05) is 24.3 Å². The first-order valence-electron chi connectivity index (χ1n) is 5.13. The number of halogens is 1. The molecule has 0 fully saturated rings. The van der Waals surface area contributed by atoms with Gasteiger partial charge >= 0.3 is 0 Å². The second-order valence-electron chi connectivity index (χ2n) is 3.54. The maximum Gasteiger partial charge on any atom is 0.138 e. The summed E-state index contributed by atoms with van der Waals surface area (Å²) in [5.74, 6) is -0.556. The van der Waals surface area contributed by atoms with Crippen molar-refractivity contribution in [3.05, 3.63) is 60.5 Å². The molecule has 0 unspecified atom stereocenters. The Morgan fingerprint density at radius 2 is 2.00 bits per heavy atom. The lowest BCUT2D eigenvalue weighted by Gasteiger charge is -2.02. The normalized spacial score (nSPS) is 11.5. The third-order valence-corrected chi connectivity index (χ3v) is 2.34. The molecule has 4 heteroatoms. The molecule has 0 saturated carbocycles. The molecule has 2 aromatic rings. The lowest BCUT2D eigenvalue weighted by atomic mass is 10.1. The van der Waals surface area contributed by atoms with Crippen LogP contribution in [0.1, 0.15) is 5.56 Å². The van der Waals surface area contributed by atoms with E-state index in [1.54, 1.807) is 18.3 Å². The Hall–Kier alpha value is -2.23. The fourth-order valence-electron chi connectivity index (χ4n) is 1.50. The van der Waals surface area contributed by atoms with Gasteiger partial charge in [0.15, 0.2) is 0 Å². The highest BCUT2D eigenvalue weighted by Crippen LogP contribution is 2.17. The van der Waals surface area contributed by atoms with Gasteiger partial charge in [0.25, 0.3) is 0 Å². The van der Waals surface area contributed by atoms with E-state index in [1.165, 1.54) is 6.33 Å². The van der Waals surface area contributed by atoms with Gasteiger partial charge in [-0.05, 0) is 11.6 Å². The molecule has 0 spiro atoms. The van der Waals surface area contributed by atoms with Crippen molar-refractivity contribution < 1.29 is 9.50 Å². The fraction of sp³-hybridized carbons (Fsp3) is 0.0769. The molecule has 17 heavy (non-hydrogen) atoms. The van der Waals surface area contributed by atoms with Crippen LogP contribution in [0, 0.1) is 0 Å². The molecule has 0 bridgehead atoms. The van der Waals surface area contributed by atoms with Crippen LogP contribution in [0.2, 0.25) is 0 Å². The second-order valence-corrected chi connectivity index (χ2v) is 3.54. The topological polar surface area (TPSA) is 46.0 Å². The molecule has 86 valence electrons. The minimum absolute atomic E-state index is 0.0978. The van der Waals surface area contributed by atoms with Gasteiger partial charge in [-0.2, -0.15) is 0 Å². The molecule has 0 aliphatic carbocycles. The molecule has 1 N–H and O–H groups in total. The van der Waals surface area contributed by atoms with Crippen LogP contribution in [-0.2, 0) is 6.42 Å². The van der Waals surface area contributed by atoms with Crippen LogP contribution in [-0.4, -0.2) is 15.1 Å². The largest absolute Gasteiger partial charge is 0.513 e. The van der Waals surface area contributed by atoms with E-state index in [1.807, 2.05) is 18.2 Å². The number of aliphatic hydroxyl groups is 1. The molecule has 0 amide bonds. The predicted octanol–water partition coefficient (Wildman–Crippen LogP) is 3.06. The summed E-state index contributed by atoms with van der Waals surface area (Å²) in [6.07, 6.45) is 3.74. The van der Waals surface area contributed by atoms with Crippen molar-refractivity contribution in [1.29, 1.82) is 0 Å². The van der Waals surface area contributed by atoms with E-state index < -0.39 is 5.83 Å². The van der Waals surface area contributed by atoms with Gasteiger partial charge in [-0.15, -0.1) is 0 Å². The van der Waals surface area contributed by atoms with E-state index in [0.717, 1.165) is 16.8 Å². The third-order valence-electron chi connectivity index (χ3n) is 2.34. The highest BCUT2D eigenvalue weighted by Gasteiger charge is 2.01. The summed E-state index contributed by atoms with van der Waals surface area (Å²) in [6.45, 7) is 0. The third kappa shape index (κ3) is 2.87. The Balaban J connectivity index is 2.19. The zero-order valence-corrected chi connectivity index (χ0v) is 9.05. The van der Waals surface area contributed by atoms with Crippen LogP contribution in [0.4, 0.5) is 4.39 Å². The van der Waals surface area contributed by atoms with Gasteiger partial charge in [-0.25, -0.2) is 14.4 Å². The van der Waals surface area contributed by atoms with Gasteiger partial charge in [0.1, 0.15) is 18.4 Å². The highest BCUT2D eigenvalue weighted by atomic mass is 19.1. The lowest BCUT2D eigenvalue weighted by molar-refractivity contribution is 0.435. The van der Waals surface area contributed by atoms with Crippen LogP contribution < -0.4 is 0 Å². The number of rotatable bonds is 3. The maximum atomic E-state index is 12.8. The van der Waals surface area contributed by atoms with Crippen molar-refractivity contribution >= 4 is 0 Å². The smallest absolute Gasteiger partial charge is 0.138 e. The summed E-state index contributed by atoms with van der Waals surface area (Å²) in [6, 6.07) is 9.15. The Labute approximate surface area is 98.3 Å². The lowest BCUT2D eigenvalue weighted by Crippen LogP contribution is -1.88. The standard InChI is InChI=1S/C13H11FN2O/c14-12(8-17)7-10-1-3-11(4-2-10)13-5-6-15-9-16-13/h1-6,8-9,17H,7H2/b12-8-. The number of aliphatic hydroxyl groups excluding tert-OH is 1. The van der Waals surface area contributed by atoms with Gasteiger partial charge < -0.3 is 5.11 Å². The summed E-state index contributed by atoms with van der Waals surface area (Å²) in [7, 11) is 0. The first kappa shape index (κ1) is 11.3. The molecular weight excluding hydrogens is 219 g/mol. The average molecular weight is 230 g/mol. The summed E-state index contributed by atoms with van der Waals surface area (Å²) in [5.41, 5.74) is 2.57. The summed E-state index contributed by atoms with van der Waals surface area (Å²) in [5, 5.41) is 8.47. The number of allylic oxidation sites excluding steroid dienone is 1. The van der Waals surface area contributed by atoms with Gasteiger partial charge in [-0.3, -0.25) is 0 Å². The van der Waals surface area contributed by atoms with Gasteiger partial charge in [0, 0.05) is 18.2 Å². The van der Waals surface area contributed by atoms with Crippen LogP contribution >= 0.6 is 0 Å². The molecule has 0 atom stereocenters. The molecule has 1 heterocycles. The zero-order chi connectivity index (χ0) is 12.1. The van der Waals surface area contributed by atoms with Crippen LogP contribution in [0.25, 0.3) is 11.3 Å². The summed E-state index contributed by atoms with van der Waals surface area (Å²) < 4.78 is 12.8. The van der Waals surface area contributed by atoms with Crippen LogP contribution in [0.15, 0.2) is 54.9 Å². The molecule has 0 aliphatic rings. The quantitative estimate of drug-likeness (QED) is 0.824. The van der Waals surface area contributed by atoms with Crippen molar-refractivity contribution in [2.45, 2.75) is 6.42 Å². The SMILES string of the molecule is O/C=C(\F)Cc1ccc(-c2ccncn2)cc1. The van der Waals surface area contributed by atoms with Crippen molar-refractivity contribution in [2.75, 3.05) is 0 Å². The zero-order valence-electron chi connectivity index (χ0n) is 9.05. The number of nitrogens with zero attached hydrogens (tertiary/aromatic N) is 2. The van der Waals surface area contributed by atoms with Crippen molar-refractivity contribution in [2.24, 2.45) is 0 Å². The van der Waals surface area contributed by atoms with E-state index in [-0.39, 0.29) is 6.42 Å². The summed E-state index contributed by atoms with van der Waals surface area (Å²) in [4.78, 5) is 7.96. The highest BCUT2D eigenvalue weighted by molar-refractivity contribution is 5.58. The van der Waals surface area contributed by atoms with Gasteiger partial charge in [0.05, 0.1) is 5.69 Å². The van der Waals surface area contributed by atoms with E-state index in [2.05, 4.69) is 9.97 Å². The number of hydrogen-bond acceptors (Lipinski definition) is 3. The number of hydrogen-bond donors (Lipinski definition) is 1. The molecule has 0 aliphatic heterocycles. The molecular formula is C13H11FN2O. The minimum Gasteiger partial charge on any atom is -0.513 e. The van der Waals surface area contributed by atoms with E-state index in [0.29, 0.717) is 6.26 Å². The van der Waals surface area contributed by atoms with Crippen molar-refractivity contribution in [3.8, 4) is 11.3 Å². The minimum atomic E-state index is -0.556. The fourth-order valence-corrected chi connectivity index (χ4v) is 1.50. The Morgan fingerprint density at radius 1 is 1.24 bits per heavy atom. The Bertz CT molecular complexity index is 509. The molecule has 0 saturated heterocycles. The van der Waals surface area contributed by atoms with Crippen molar-refractivity contribution in [1.82, 2.24) is 9.97 Å². The second kappa shape index (κ2) is 5.21. The van der Waals surface area contributed by atoms with E-state index in [9.17, 15) is 4.39 Å². The number of aromatic nitrogens is 2. The first-order chi connectivity index (χ1) is 8.29. The molecule has 2 rings (SSSR count). The Kier molecular flexibility index (Phi) is 3.45. The molecule has 1 aromatic carbocycles. The van der Waals surface area contributed by atoms with Gasteiger partial charge in [0.2, 0.25) is 0 Å². The summed E-state index contributed by atoms with van der Waals surface area (Å²) >= 11 is 0. The number of benzene rings is 1. The molecule has 3 nitrogen and oxygen atoms in total. The van der Waals surface area contributed by atoms with E-state index in [4.69, 9.17) is 5.11 Å². The Morgan fingerprint density at radius 3 is 2.59 bits per heavy atom. The monoisotopic (exact) mass is 230 g/mol. The molecule has 1 aromatic heterocycles.